The second-order valence-corrected chi connectivity index (χ2v) is 9.50. The molecule has 1 aliphatic heterocycles. The van der Waals surface area contributed by atoms with E-state index >= 15 is 0 Å². The number of nitrogens with one attached hydrogen (secondary N) is 1. The average Bonchev–Trinajstić information content (AvgIpc) is 2.78. The van der Waals surface area contributed by atoms with Crippen LogP contribution in [0.5, 0.6) is 0 Å². The van der Waals surface area contributed by atoms with Crippen LogP contribution >= 0.6 is 0 Å². The number of likely N-dealkylation sites (tertiary alicyclic amines) is 1. The van der Waals surface area contributed by atoms with E-state index < -0.39 is 11.7 Å². The van der Waals surface area contributed by atoms with Gasteiger partial charge in [-0.05, 0) is 63.9 Å². The zero-order valence-corrected chi connectivity index (χ0v) is 20.0. The van der Waals surface area contributed by atoms with Gasteiger partial charge in [0.1, 0.15) is 12.2 Å². The molecule has 2 amide bonds. The molecule has 0 bridgehead atoms. The molecule has 7 nitrogen and oxygen atoms in total. The summed E-state index contributed by atoms with van der Waals surface area (Å²) >= 11 is 0. The second kappa shape index (κ2) is 11.2. The van der Waals surface area contributed by atoms with Crippen LogP contribution in [0.3, 0.4) is 0 Å². The van der Waals surface area contributed by atoms with E-state index in [1.165, 1.54) is 0 Å². The van der Waals surface area contributed by atoms with Gasteiger partial charge in [0.15, 0.2) is 0 Å². The van der Waals surface area contributed by atoms with Crippen LogP contribution in [0.4, 0.5) is 15.3 Å². The van der Waals surface area contributed by atoms with Gasteiger partial charge in [-0.25, -0.2) is 9.59 Å². The van der Waals surface area contributed by atoms with Crippen LogP contribution < -0.4 is 5.32 Å². The minimum absolute atomic E-state index is 0.243. The fourth-order valence-corrected chi connectivity index (χ4v) is 3.83. The predicted octanol–water partition coefficient (Wildman–Crippen LogP) is 5.27. The Bertz CT molecular complexity index is 901. The normalized spacial score (nSPS) is 14.8. The average molecular weight is 454 g/mol. The topological polar surface area (TPSA) is 71.1 Å². The van der Waals surface area contributed by atoms with Gasteiger partial charge in [-0.3, -0.25) is 10.2 Å². The summed E-state index contributed by atoms with van der Waals surface area (Å²) in [6, 6.07) is 17.9. The molecule has 1 N–H and O–H groups in total. The van der Waals surface area contributed by atoms with Gasteiger partial charge in [-0.1, -0.05) is 42.5 Å². The number of benzene rings is 2. The Morgan fingerprint density at radius 3 is 2.24 bits per heavy atom. The first-order chi connectivity index (χ1) is 15.7. The standard InChI is InChI=1S/C26H35N3O4/c1-26(2,3)33-24(30)27-22-12-10-20(11-13-22)18-28(4)23-14-16-29(17-15-23)25(31)32-19-21-8-6-5-7-9-21/h5-13,23H,14-19H2,1-4H3,(H,27,30). The molecule has 0 atom stereocenters. The minimum atomic E-state index is -0.527. The summed E-state index contributed by atoms with van der Waals surface area (Å²) in [7, 11) is 2.11. The van der Waals surface area contributed by atoms with Gasteiger partial charge < -0.3 is 14.4 Å². The Hall–Kier alpha value is -3.06. The molecule has 2 aromatic rings. The third-order valence-corrected chi connectivity index (χ3v) is 5.58. The van der Waals surface area contributed by atoms with E-state index in [0.29, 0.717) is 31.4 Å². The first-order valence-electron chi connectivity index (χ1n) is 11.4. The minimum Gasteiger partial charge on any atom is -0.445 e. The summed E-state index contributed by atoms with van der Waals surface area (Å²) in [5.74, 6) is 0. The van der Waals surface area contributed by atoms with Crippen LogP contribution in [0.25, 0.3) is 0 Å². The van der Waals surface area contributed by atoms with E-state index in [4.69, 9.17) is 9.47 Å². The molecule has 0 unspecified atom stereocenters. The molecule has 1 saturated heterocycles. The van der Waals surface area contributed by atoms with Crippen molar-refractivity contribution >= 4 is 17.9 Å². The van der Waals surface area contributed by atoms with Crippen LogP contribution in [0.2, 0.25) is 0 Å². The molecule has 1 heterocycles. The number of rotatable bonds is 6. The van der Waals surface area contributed by atoms with E-state index in [2.05, 4.69) is 17.3 Å². The van der Waals surface area contributed by atoms with Gasteiger partial charge in [0.05, 0.1) is 0 Å². The number of hydrogen-bond acceptors (Lipinski definition) is 5. The molecule has 178 valence electrons. The SMILES string of the molecule is CN(Cc1ccc(NC(=O)OC(C)(C)C)cc1)C1CCN(C(=O)OCc2ccccc2)CC1. The fourth-order valence-electron chi connectivity index (χ4n) is 3.83. The van der Waals surface area contributed by atoms with Crippen molar-refractivity contribution in [3.8, 4) is 0 Å². The molecule has 0 spiro atoms. The summed E-state index contributed by atoms with van der Waals surface area (Å²) in [5, 5.41) is 2.75. The number of carbonyl (C=O) groups is 2. The van der Waals surface area contributed by atoms with E-state index in [1.54, 1.807) is 4.90 Å². The number of ether oxygens (including phenoxy) is 2. The van der Waals surface area contributed by atoms with Crippen molar-refractivity contribution < 1.29 is 19.1 Å². The Labute approximate surface area is 196 Å². The molecule has 3 rings (SSSR count). The lowest BCUT2D eigenvalue weighted by molar-refractivity contribution is 0.0635. The van der Waals surface area contributed by atoms with Crippen LogP contribution in [0, 0.1) is 0 Å². The van der Waals surface area contributed by atoms with Crippen LogP contribution in [-0.2, 0) is 22.6 Å². The van der Waals surface area contributed by atoms with Crippen molar-refractivity contribution in [3.05, 3.63) is 65.7 Å². The summed E-state index contributed by atoms with van der Waals surface area (Å²) < 4.78 is 10.7. The van der Waals surface area contributed by atoms with Gasteiger partial charge in [0.2, 0.25) is 0 Å². The summed E-state index contributed by atoms with van der Waals surface area (Å²) in [6.45, 7) is 8.01. The maximum atomic E-state index is 12.4. The Kier molecular flexibility index (Phi) is 8.33. The lowest BCUT2D eigenvalue weighted by atomic mass is 10.0. The Morgan fingerprint density at radius 2 is 1.64 bits per heavy atom. The van der Waals surface area contributed by atoms with Gasteiger partial charge in [0.25, 0.3) is 0 Å². The van der Waals surface area contributed by atoms with Crippen LogP contribution in [-0.4, -0.2) is 53.8 Å². The molecule has 33 heavy (non-hydrogen) atoms. The number of hydrogen-bond donors (Lipinski definition) is 1. The monoisotopic (exact) mass is 453 g/mol. The Balaban J connectivity index is 1.41. The van der Waals surface area contributed by atoms with E-state index in [9.17, 15) is 9.59 Å². The molecular formula is C26H35N3O4. The highest BCUT2D eigenvalue weighted by Crippen LogP contribution is 2.20. The van der Waals surface area contributed by atoms with Crippen molar-refractivity contribution in [1.82, 2.24) is 9.80 Å². The maximum absolute atomic E-state index is 12.4. The summed E-state index contributed by atoms with van der Waals surface area (Å²) in [5.41, 5.74) is 2.34. The van der Waals surface area contributed by atoms with Gasteiger partial charge >= 0.3 is 12.2 Å². The predicted molar refractivity (Wildman–Crippen MR) is 129 cm³/mol. The zero-order valence-electron chi connectivity index (χ0n) is 20.0. The lowest BCUT2D eigenvalue weighted by Crippen LogP contribution is -2.45. The molecule has 0 radical (unpaired) electrons. The number of amides is 2. The van der Waals surface area contributed by atoms with Gasteiger partial charge in [-0.2, -0.15) is 0 Å². The highest BCUT2D eigenvalue weighted by Gasteiger charge is 2.26. The van der Waals surface area contributed by atoms with Crippen molar-refractivity contribution in [1.29, 1.82) is 0 Å². The van der Waals surface area contributed by atoms with Crippen LogP contribution in [0.1, 0.15) is 44.7 Å². The zero-order chi connectivity index (χ0) is 23.8. The van der Waals surface area contributed by atoms with E-state index in [1.807, 2.05) is 75.4 Å². The van der Waals surface area contributed by atoms with Gasteiger partial charge in [0, 0.05) is 31.4 Å². The summed E-state index contributed by atoms with van der Waals surface area (Å²) in [6.07, 6.45) is 1.12. The second-order valence-electron chi connectivity index (χ2n) is 9.50. The fraction of sp³-hybridized carbons (Fsp3) is 0.462. The third kappa shape index (κ3) is 8.09. The molecule has 1 aliphatic rings. The maximum Gasteiger partial charge on any atom is 0.412 e. The van der Waals surface area contributed by atoms with Crippen molar-refractivity contribution in [2.45, 2.75) is 58.4 Å². The van der Waals surface area contributed by atoms with E-state index in [0.717, 1.165) is 30.5 Å². The molecular weight excluding hydrogens is 418 g/mol. The molecule has 0 aromatic heterocycles. The number of piperidine rings is 1. The van der Waals surface area contributed by atoms with Crippen molar-refractivity contribution in [2.75, 3.05) is 25.5 Å². The smallest absolute Gasteiger partial charge is 0.412 e. The van der Waals surface area contributed by atoms with Crippen molar-refractivity contribution in [3.63, 3.8) is 0 Å². The highest BCUT2D eigenvalue weighted by atomic mass is 16.6. The highest BCUT2D eigenvalue weighted by molar-refractivity contribution is 5.84. The molecule has 1 fully saturated rings. The number of nitrogens with zero attached hydrogens (tertiary/aromatic N) is 2. The third-order valence-electron chi connectivity index (χ3n) is 5.58. The number of carbonyl (C=O) groups excluding carboxylic acids is 2. The Morgan fingerprint density at radius 1 is 1.00 bits per heavy atom. The largest absolute Gasteiger partial charge is 0.445 e. The number of anilines is 1. The molecule has 0 aliphatic carbocycles. The van der Waals surface area contributed by atoms with Gasteiger partial charge in [-0.15, -0.1) is 0 Å². The van der Waals surface area contributed by atoms with Crippen molar-refractivity contribution in [2.24, 2.45) is 0 Å². The molecule has 2 aromatic carbocycles. The van der Waals surface area contributed by atoms with E-state index in [-0.39, 0.29) is 6.09 Å². The molecule has 7 heteroatoms. The lowest BCUT2D eigenvalue weighted by Gasteiger charge is -2.36. The molecule has 0 saturated carbocycles. The first-order valence-corrected chi connectivity index (χ1v) is 11.4. The summed E-state index contributed by atoms with van der Waals surface area (Å²) in [4.78, 5) is 28.4. The van der Waals surface area contributed by atoms with Crippen LogP contribution in [0.15, 0.2) is 54.6 Å². The first kappa shape index (κ1) is 24.6. The quantitative estimate of drug-likeness (QED) is 0.645.